The van der Waals surface area contributed by atoms with Crippen molar-refractivity contribution in [1.82, 2.24) is 0 Å². The Hall–Kier alpha value is -1.84. The normalized spacial score (nSPS) is 19.1. The summed E-state index contributed by atoms with van der Waals surface area (Å²) in [5.41, 5.74) is 0.633. The van der Waals surface area contributed by atoms with Crippen LogP contribution in [-0.4, -0.2) is 25.2 Å². The topological polar surface area (TPSA) is 52.6 Å². The lowest BCUT2D eigenvalue weighted by Crippen LogP contribution is -2.20. The van der Waals surface area contributed by atoms with Gasteiger partial charge in [0.25, 0.3) is 0 Å². The molecule has 0 saturated heterocycles. The fraction of sp³-hybridized carbons (Fsp3) is 0.636. The van der Waals surface area contributed by atoms with Crippen molar-refractivity contribution in [2.45, 2.75) is 64.2 Å². The maximum atomic E-state index is 12.5. The van der Waals surface area contributed by atoms with Gasteiger partial charge in [0.15, 0.2) is 0 Å². The van der Waals surface area contributed by atoms with E-state index in [2.05, 4.69) is 0 Å². The van der Waals surface area contributed by atoms with Gasteiger partial charge in [0.05, 0.1) is 24.3 Å². The van der Waals surface area contributed by atoms with E-state index in [1.54, 1.807) is 24.3 Å². The Kier molecular flexibility index (Phi) is 7.10. The summed E-state index contributed by atoms with van der Waals surface area (Å²) in [5, 5.41) is 0. The van der Waals surface area contributed by atoms with Crippen LogP contribution in [0.3, 0.4) is 0 Å². The predicted octanol–water partition coefficient (Wildman–Crippen LogP) is 5.65. The molecule has 0 N–H and O–H groups in total. The Morgan fingerprint density at radius 1 is 0.731 bits per heavy atom. The summed E-state index contributed by atoms with van der Waals surface area (Å²) < 4.78 is 11.0. The molecule has 0 aliphatic heterocycles. The standard InChI is InChI=1S/C22H30O4.2H2/c23-21(25-15-17-9-3-1-4-10-17)19-13-7-8-14-20(19)22(24)26-16-18-11-5-2-6-12-18;;/h7-8,13-14,17-18H,1-6,9-12,15-16H2;2*1H. The summed E-state index contributed by atoms with van der Waals surface area (Å²) in [6.45, 7) is 0.897. The summed E-state index contributed by atoms with van der Waals surface area (Å²) in [7, 11) is 0. The molecule has 0 heterocycles. The van der Waals surface area contributed by atoms with Crippen molar-refractivity contribution in [3.05, 3.63) is 35.4 Å². The number of ether oxygens (including phenoxy) is 2. The third-order valence-corrected chi connectivity index (χ3v) is 5.72. The van der Waals surface area contributed by atoms with E-state index in [1.165, 1.54) is 38.5 Å². The van der Waals surface area contributed by atoms with E-state index >= 15 is 0 Å². The van der Waals surface area contributed by atoms with E-state index in [1.807, 2.05) is 0 Å². The van der Waals surface area contributed by atoms with Crippen LogP contribution in [0.4, 0.5) is 0 Å². The first-order valence-electron chi connectivity index (χ1n) is 10.2. The Morgan fingerprint density at radius 3 is 1.50 bits per heavy atom. The number of rotatable bonds is 6. The minimum atomic E-state index is -0.416. The lowest BCUT2D eigenvalue weighted by atomic mass is 9.90. The molecule has 0 spiro atoms. The van der Waals surface area contributed by atoms with Gasteiger partial charge < -0.3 is 9.47 Å². The van der Waals surface area contributed by atoms with Gasteiger partial charge in [0.2, 0.25) is 0 Å². The average molecular weight is 363 g/mol. The molecular formula is C22H34O4. The van der Waals surface area contributed by atoms with Crippen molar-refractivity contribution in [3.8, 4) is 0 Å². The highest BCUT2D eigenvalue weighted by atomic mass is 16.5. The highest BCUT2D eigenvalue weighted by Gasteiger charge is 2.22. The first-order chi connectivity index (χ1) is 12.7. The number of benzene rings is 1. The molecule has 0 amide bonds. The molecular weight excluding hydrogens is 328 g/mol. The van der Waals surface area contributed by atoms with Crippen LogP contribution >= 0.6 is 0 Å². The van der Waals surface area contributed by atoms with Gasteiger partial charge in [-0.3, -0.25) is 0 Å². The van der Waals surface area contributed by atoms with E-state index in [-0.39, 0.29) is 2.85 Å². The van der Waals surface area contributed by atoms with E-state index in [0.717, 1.165) is 25.7 Å². The third-order valence-electron chi connectivity index (χ3n) is 5.72. The van der Waals surface area contributed by atoms with Crippen LogP contribution in [-0.2, 0) is 9.47 Å². The van der Waals surface area contributed by atoms with E-state index < -0.39 is 11.9 Å². The second-order valence-corrected chi connectivity index (χ2v) is 7.75. The van der Waals surface area contributed by atoms with Crippen molar-refractivity contribution < 1.29 is 21.9 Å². The maximum Gasteiger partial charge on any atom is 0.339 e. The minimum absolute atomic E-state index is 0. The molecule has 2 aliphatic carbocycles. The van der Waals surface area contributed by atoms with Crippen LogP contribution < -0.4 is 0 Å². The number of carbonyl (C=O) groups excluding carboxylic acids is 2. The van der Waals surface area contributed by atoms with Gasteiger partial charge in [-0.2, -0.15) is 0 Å². The second kappa shape index (κ2) is 9.75. The molecule has 1 aromatic rings. The monoisotopic (exact) mass is 362 g/mol. The number of carbonyl (C=O) groups is 2. The Bertz CT molecular complexity index is 555. The zero-order valence-electron chi connectivity index (χ0n) is 15.6. The van der Waals surface area contributed by atoms with Crippen LogP contribution in [0.1, 0.15) is 87.8 Å². The van der Waals surface area contributed by atoms with Gasteiger partial charge in [-0.05, 0) is 49.7 Å². The minimum Gasteiger partial charge on any atom is -0.462 e. The highest BCUT2D eigenvalue weighted by Crippen LogP contribution is 2.25. The van der Waals surface area contributed by atoms with Crippen molar-refractivity contribution >= 4 is 11.9 Å². The first-order valence-corrected chi connectivity index (χ1v) is 10.2. The SMILES string of the molecule is O=C(OCC1CCCCC1)c1ccccc1C(=O)OCC1CCCCC1.[HH].[HH]. The maximum absolute atomic E-state index is 12.5. The molecule has 4 heteroatoms. The van der Waals surface area contributed by atoms with Crippen molar-refractivity contribution in [3.63, 3.8) is 0 Å². The van der Waals surface area contributed by atoms with Gasteiger partial charge in [-0.1, -0.05) is 50.7 Å². The third kappa shape index (κ3) is 5.33. The van der Waals surface area contributed by atoms with Crippen molar-refractivity contribution in [2.24, 2.45) is 11.8 Å². The van der Waals surface area contributed by atoms with Gasteiger partial charge in [0.1, 0.15) is 0 Å². The largest absolute Gasteiger partial charge is 0.462 e. The average Bonchev–Trinajstić information content (AvgIpc) is 2.72. The van der Waals surface area contributed by atoms with Crippen LogP contribution in [0, 0.1) is 11.8 Å². The zero-order chi connectivity index (χ0) is 18.2. The zero-order valence-corrected chi connectivity index (χ0v) is 15.6. The number of hydrogen-bond donors (Lipinski definition) is 0. The molecule has 0 bridgehead atoms. The molecule has 146 valence electrons. The second-order valence-electron chi connectivity index (χ2n) is 7.75. The molecule has 0 unspecified atom stereocenters. The summed E-state index contributed by atoms with van der Waals surface area (Å²) in [4.78, 5) is 25.0. The summed E-state index contributed by atoms with van der Waals surface area (Å²) >= 11 is 0. The Labute approximate surface area is 159 Å². The fourth-order valence-corrected chi connectivity index (χ4v) is 4.09. The molecule has 0 radical (unpaired) electrons. The molecule has 3 rings (SSSR count). The van der Waals surface area contributed by atoms with Crippen LogP contribution in [0.2, 0.25) is 0 Å². The molecule has 1 aromatic carbocycles. The lowest BCUT2D eigenvalue weighted by Gasteiger charge is -2.22. The van der Waals surface area contributed by atoms with Crippen LogP contribution in [0.15, 0.2) is 24.3 Å². The molecule has 4 nitrogen and oxygen atoms in total. The van der Waals surface area contributed by atoms with Crippen molar-refractivity contribution in [2.75, 3.05) is 13.2 Å². The van der Waals surface area contributed by atoms with Gasteiger partial charge in [-0.25, -0.2) is 9.59 Å². The first kappa shape index (κ1) is 18.9. The highest BCUT2D eigenvalue weighted by molar-refractivity contribution is 6.03. The smallest absolute Gasteiger partial charge is 0.339 e. The number of hydrogen-bond acceptors (Lipinski definition) is 4. The van der Waals surface area contributed by atoms with E-state index in [0.29, 0.717) is 36.2 Å². The van der Waals surface area contributed by atoms with Crippen LogP contribution in [0.5, 0.6) is 0 Å². The van der Waals surface area contributed by atoms with Gasteiger partial charge in [-0.15, -0.1) is 0 Å². The molecule has 2 fully saturated rings. The predicted molar refractivity (Wildman–Crippen MR) is 104 cm³/mol. The molecule has 0 aromatic heterocycles. The van der Waals surface area contributed by atoms with Gasteiger partial charge >= 0.3 is 11.9 Å². The molecule has 0 atom stereocenters. The molecule has 26 heavy (non-hydrogen) atoms. The summed E-state index contributed by atoms with van der Waals surface area (Å²) in [6.07, 6.45) is 11.9. The Morgan fingerprint density at radius 2 is 1.12 bits per heavy atom. The fourth-order valence-electron chi connectivity index (χ4n) is 4.09. The summed E-state index contributed by atoms with van der Waals surface area (Å²) in [5.74, 6) is 0.0813. The van der Waals surface area contributed by atoms with Crippen LogP contribution in [0.25, 0.3) is 0 Å². The van der Waals surface area contributed by atoms with E-state index in [4.69, 9.17) is 9.47 Å². The Balaban J connectivity index is 0.00000196. The quantitative estimate of drug-likeness (QED) is 0.613. The lowest BCUT2D eigenvalue weighted by molar-refractivity contribution is 0.0364. The number of esters is 2. The summed E-state index contributed by atoms with van der Waals surface area (Å²) in [6, 6.07) is 6.82. The van der Waals surface area contributed by atoms with Gasteiger partial charge in [0, 0.05) is 2.85 Å². The molecule has 2 aliphatic rings. The van der Waals surface area contributed by atoms with Crippen molar-refractivity contribution in [1.29, 1.82) is 0 Å². The van der Waals surface area contributed by atoms with E-state index in [9.17, 15) is 9.59 Å². The molecule has 2 saturated carbocycles.